The van der Waals surface area contributed by atoms with E-state index in [9.17, 15) is 14.7 Å². The molecular weight excluding hydrogens is 425 g/mol. The van der Waals surface area contributed by atoms with Crippen molar-refractivity contribution < 1.29 is 14.7 Å². The van der Waals surface area contributed by atoms with Gasteiger partial charge in [-0.2, -0.15) is 0 Å². The monoisotopic (exact) mass is 443 g/mol. The quantitative estimate of drug-likeness (QED) is 0.592. The van der Waals surface area contributed by atoms with E-state index in [2.05, 4.69) is 5.43 Å². The lowest BCUT2D eigenvalue weighted by molar-refractivity contribution is -0.139. The molecule has 0 spiro atoms. The number of carboxylic acids is 1. The summed E-state index contributed by atoms with van der Waals surface area (Å²) in [7, 11) is 0. The van der Waals surface area contributed by atoms with Crippen LogP contribution in [-0.4, -0.2) is 23.5 Å². The molecule has 4 N–H and O–H groups in total. The minimum absolute atomic E-state index is 0. The number of nitrogens with one attached hydrogen (secondary N) is 1. The Bertz CT molecular complexity index is 879. The summed E-state index contributed by atoms with van der Waals surface area (Å²) < 4.78 is 0. The van der Waals surface area contributed by atoms with Gasteiger partial charge < -0.3 is 10.8 Å². The first kappa shape index (κ1) is 22.3. The molecule has 3 rings (SSSR count). The van der Waals surface area contributed by atoms with Gasteiger partial charge in [-0.25, -0.2) is 4.79 Å². The third-order valence-electron chi connectivity index (χ3n) is 4.84. The molecule has 6 nitrogen and oxygen atoms in total. The second kappa shape index (κ2) is 9.47. The van der Waals surface area contributed by atoms with Crippen molar-refractivity contribution in [3.8, 4) is 0 Å². The number of halogens is 3. The fourth-order valence-electron chi connectivity index (χ4n) is 3.67. The van der Waals surface area contributed by atoms with Gasteiger partial charge in [0.2, 0.25) is 6.41 Å². The zero-order chi connectivity index (χ0) is 19.6. The Morgan fingerprint density at radius 2 is 1.96 bits per heavy atom. The van der Waals surface area contributed by atoms with Crippen LogP contribution >= 0.6 is 35.6 Å². The average Bonchev–Trinajstić information content (AvgIpc) is 2.63. The molecule has 28 heavy (non-hydrogen) atoms. The fourth-order valence-corrected chi connectivity index (χ4v) is 4.31. The predicted octanol–water partition coefficient (Wildman–Crippen LogP) is 3.52. The Balaban J connectivity index is 0.00000280. The number of fused-ring (bicyclic) bond motifs is 1. The van der Waals surface area contributed by atoms with Gasteiger partial charge in [0.25, 0.3) is 0 Å². The fraction of sp³-hybridized carbons (Fsp3) is 0.263. The Morgan fingerprint density at radius 1 is 1.29 bits per heavy atom. The molecule has 2 aromatic carbocycles. The van der Waals surface area contributed by atoms with E-state index in [-0.39, 0.29) is 24.7 Å². The maximum atomic E-state index is 11.9. The van der Waals surface area contributed by atoms with Gasteiger partial charge in [-0.1, -0.05) is 47.5 Å². The van der Waals surface area contributed by atoms with Gasteiger partial charge in [0.15, 0.2) is 0 Å². The normalized spacial score (nSPS) is 18.0. The van der Waals surface area contributed by atoms with Crippen LogP contribution in [0.15, 0.2) is 36.4 Å². The summed E-state index contributed by atoms with van der Waals surface area (Å²) in [4.78, 5) is 22.9. The highest BCUT2D eigenvalue weighted by Crippen LogP contribution is 2.45. The van der Waals surface area contributed by atoms with Crippen molar-refractivity contribution in [1.82, 2.24) is 5.43 Å². The van der Waals surface area contributed by atoms with Crippen molar-refractivity contribution in [1.29, 1.82) is 0 Å². The lowest BCUT2D eigenvalue weighted by Gasteiger charge is -2.40. The molecule has 1 aliphatic heterocycles. The van der Waals surface area contributed by atoms with Crippen LogP contribution in [0.5, 0.6) is 0 Å². The highest BCUT2D eigenvalue weighted by molar-refractivity contribution is 6.35. The minimum atomic E-state index is -1.04. The summed E-state index contributed by atoms with van der Waals surface area (Å²) in [5.74, 6) is -1.20. The number of aliphatic carboxylic acids is 1. The molecule has 2 aromatic rings. The van der Waals surface area contributed by atoms with Crippen LogP contribution in [0, 0.1) is 0 Å². The van der Waals surface area contributed by atoms with Crippen molar-refractivity contribution in [3.05, 3.63) is 63.1 Å². The van der Waals surface area contributed by atoms with Gasteiger partial charge in [-0.05, 0) is 47.6 Å². The van der Waals surface area contributed by atoms with Crippen molar-refractivity contribution in [3.63, 3.8) is 0 Å². The smallest absolute Gasteiger partial charge is 0.328 e. The lowest BCUT2D eigenvalue weighted by Crippen LogP contribution is -2.53. The number of nitrogens with zero attached hydrogens (tertiary/aromatic N) is 1. The number of amides is 1. The first-order valence-corrected chi connectivity index (χ1v) is 9.19. The number of carbonyl (C=O) groups excluding carboxylic acids is 1. The number of nitrogens with two attached hydrogens (primary N) is 1. The van der Waals surface area contributed by atoms with Gasteiger partial charge >= 0.3 is 5.97 Å². The maximum Gasteiger partial charge on any atom is 0.328 e. The number of carboxylic acid groups (broad SMARTS) is 1. The van der Waals surface area contributed by atoms with Crippen molar-refractivity contribution in [2.45, 2.75) is 31.3 Å². The highest BCUT2D eigenvalue weighted by Gasteiger charge is 2.38. The van der Waals surface area contributed by atoms with Gasteiger partial charge in [0, 0.05) is 16.6 Å². The molecule has 2 atom stereocenters. The number of anilines is 1. The molecule has 1 aliphatic rings. The van der Waals surface area contributed by atoms with E-state index in [0.29, 0.717) is 35.1 Å². The van der Waals surface area contributed by atoms with Crippen molar-refractivity contribution in [2.24, 2.45) is 5.73 Å². The number of benzene rings is 2. The third kappa shape index (κ3) is 4.36. The first-order valence-electron chi connectivity index (χ1n) is 8.43. The van der Waals surface area contributed by atoms with E-state index in [1.807, 2.05) is 24.3 Å². The molecular formula is C19H20Cl3N3O3. The molecule has 1 amide bonds. The highest BCUT2D eigenvalue weighted by atomic mass is 35.5. The molecule has 0 aromatic heterocycles. The minimum Gasteiger partial charge on any atom is -0.480 e. The zero-order valence-electron chi connectivity index (χ0n) is 14.8. The molecule has 0 fully saturated rings. The summed E-state index contributed by atoms with van der Waals surface area (Å²) in [6.07, 6.45) is 1.31. The summed E-state index contributed by atoms with van der Waals surface area (Å²) in [6, 6.07) is 10.1. The van der Waals surface area contributed by atoms with Gasteiger partial charge in [-0.15, -0.1) is 12.4 Å². The molecule has 0 radical (unpaired) electrons. The Labute approximate surface area is 179 Å². The zero-order valence-corrected chi connectivity index (χ0v) is 17.1. The maximum absolute atomic E-state index is 11.9. The first-order chi connectivity index (χ1) is 13.0. The molecule has 0 saturated heterocycles. The molecule has 150 valence electrons. The summed E-state index contributed by atoms with van der Waals surface area (Å²) in [5.41, 5.74) is 11.6. The van der Waals surface area contributed by atoms with E-state index in [0.717, 1.165) is 16.7 Å². The van der Waals surface area contributed by atoms with E-state index in [1.165, 1.54) is 5.01 Å². The van der Waals surface area contributed by atoms with Crippen LogP contribution in [0.25, 0.3) is 0 Å². The van der Waals surface area contributed by atoms with Gasteiger partial charge in [-0.3, -0.25) is 15.2 Å². The van der Waals surface area contributed by atoms with E-state index in [4.69, 9.17) is 28.9 Å². The molecule has 0 unspecified atom stereocenters. The summed E-state index contributed by atoms with van der Waals surface area (Å²) in [5, 5.41) is 11.8. The van der Waals surface area contributed by atoms with Gasteiger partial charge in [0.1, 0.15) is 6.04 Å². The Morgan fingerprint density at radius 3 is 2.57 bits per heavy atom. The number of hydrogen-bond acceptors (Lipinski definition) is 4. The summed E-state index contributed by atoms with van der Waals surface area (Å²) in [6.45, 7) is 0.394. The standard InChI is InChI=1S/C19H19Cl2N3O3.ClH/c20-14-7-15(21)18-13(5-11-3-1-2-4-12(11)9-22)6-17(19(26)27)24(23-10-25)16(18)8-14;/h1-4,7-8,10,13,17H,5-6,9,22H2,(H,23,25)(H,26,27);1H/t13-,17+;/m1./s1. The molecule has 1 heterocycles. The van der Waals surface area contributed by atoms with Crippen molar-refractivity contribution in [2.75, 3.05) is 5.01 Å². The predicted molar refractivity (Wildman–Crippen MR) is 112 cm³/mol. The van der Waals surface area contributed by atoms with Crippen LogP contribution in [0.3, 0.4) is 0 Å². The molecule has 0 bridgehead atoms. The SMILES string of the molecule is Cl.NCc1ccccc1C[C@@H]1C[C@@H](C(=O)O)N(NC=O)c2cc(Cl)cc(Cl)c21. The second-order valence-corrected chi connectivity index (χ2v) is 7.24. The third-order valence-corrected chi connectivity index (χ3v) is 5.37. The topological polar surface area (TPSA) is 95.7 Å². The number of rotatable bonds is 6. The second-order valence-electron chi connectivity index (χ2n) is 6.40. The summed E-state index contributed by atoms with van der Waals surface area (Å²) >= 11 is 12.6. The van der Waals surface area contributed by atoms with E-state index < -0.39 is 12.0 Å². The van der Waals surface area contributed by atoms with E-state index >= 15 is 0 Å². The number of hydrazine groups is 1. The Hall–Kier alpha value is -1.99. The van der Waals surface area contributed by atoms with Crippen LogP contribution in [0.2, 0.25) is 10.0 Å². The largest absolute Gasteiger partial charge is 0.480 e. The van der Waals surface area contributed by atoms with Crippen molar-refractivity contribution >= 4 is 53.7 Å². The average molecular weight is 445 g/mol. The Kier molecular flexibility index (Phi) is 7.55. The van der Waals surface area contributed by atoms with Crippen LogP contribution in [0.1, 0.15) is 29.0 Å². The van der Waals surface area contributed by atoms with Gasteiger partial charge in [0.05, 0.1) is 5.69 Å². The molecule has 9 heteroatoms. The van der Waals surface area contributed by atoms with Crippen LogP contribution < -0.4 is 16.2 Å². The molecule has 0 aliphatic carbocycles. The van der Waals surface area contributed by atoms with Crippen LogP contribution in [0.4, 0.5) is 5.69 Å². The lowest BCUT2D eigenvalue weighted by atomic mass is 9.81. The van der Waals surface area contributed by atoms with E-state index in [1.54, 1.807) is 12.1 Å². The molecule has 0 saturated carbocycles. The number of carbonyl (C=O) groups is 2. The van der Waals surface area contributed by atoms with Crippen LogP contribution in [-0.2, 0) is 22.6 Å². The number of hydrogen-bond donors (Lipinski definition) is 3.